The molecular weight excluding hydrogens is 527 g/mol. The summed E-state index contributed by atoms with van der Waals surface area (Å²) in [6, 6.07) is 23.3. The van der Waals surface area contributed by atoms with Gasteiger partial charge in [0.25, 0.3) is 0 Å². The number of benzene rings is 2. The van der Waals surface area contributed by atoms with Gasteiger partial charge in [-0.3, -0.25) is 6.08 Å². The van der Waals surface area contributed by atoms with Gasteiger partial charge in [0.05, 0.1) is 0 Å². The second-order valence-corrected chi connectivity index (χ2v) is 5.75. The van der Waals surface area contributed by atoms with Crippen LogP contribution in [-0.2, 0) is 32.3 Å². The van der Waals surface area contributed by atoms with Crippen molar-refractivity contribution in [2.45, 2.75) is 32.6 Å². The molecule has 30 heavy (non-hydrogen) atoms. The molecule has 0 bridgehead atoms. The van der Waals surface area contributed by atoms with Gasteiger partial charge in [-0.25, -0.2) is 17.7 Å². The van der Waals surface area contributed by atoms with Crippen molar-refractivity contribution in [2.75, 3.05) is 0 Å². The van der Waals surface area contributed by atoms with E-state index in [0.29, 0.717) is 0 Å². The van der Waals surface area contributed by atoms with Gasteiger partial charge in [-0.05, 0) is 10.8 Å². The molecule has 172 valence electrons. The fourth-order valence-corrected chi connectivity index (χ4v) is 2.91. The largest absolute Gasteiger partial charge is 0.358 e. The van der Waals surface area contributed by atoms with Crippen LogP contribution in [0.25, 0.3) is 16.3 Å². The van der Waals surface area contributed by atoms with Crippen molar-refractivity contribution in [2.24, 2.45) is 0 Å². The van der Waals surface area contributed by atoms with Crippen LogP contribution in [0.2, 0.25) is 0 Å². The van der Waals surface area contributed by atoms with E-state index in [1.54, 1.807) is 0 Å². The first-order valence-corrected chi connectivity index (χ1v) is 8.17. The predicted octanol–water partition coefficient (Wildman–Crippen LogP) is 9.33. The van der Waals surface area contributed by atoms with Crippen molar-refractivity contribution in [1.82, 2.24) is 0 Å². The molecule has 0 saturated heterocycles. The zero-order valence-electron chi connectivity index (χ0n) is 20.7. The van der Waals surface area contributed by atoms with Crippen molar-refractivity contribution in [1.29, 1.82) is 0 Å². The average molecular weight is 570 g/mol. The molecule has 0 saturated carbocycles. The summed E-state index contributed by atoms with van der Waals surface area (Å²) in [4.78, 5) is 0. The summed E-state index contributed by atoms with van der Waals surface area (Å²) >= 11 is 0. The SMILES string of the molecule is CCCCC1=[C-]Cc2cc3ccccc3cc21.[CH3-].[CH3-].[CH3-].[CH3-].[CH3-].[CH3-].[CH3-].[Hf].c1cc[cH-]c1. The zero-order valence-corrected chi connectivity index (χ0v) is 24.3. The average Bonchev–Trinajstić information content (AvgIpc) is 3.24. The summed E-state index contributed by atoms with van der Waals surface area (Å²) in [6.45, 7) is 2.25. The monoisotopic (exact) mass is 571 g/mol. The molecule has 0 nitrogen and oxygen atoms in total. The van der Waals surface area contributed by atoms with Gasteiger partial charge in [0.2, 0.25) is 0 Å². The van der Waals surface area contributed by atoms with E-state index in [9.17, 15) is 0 Å². The third-order valence-corrected chi connectivity index (χ3v) is 4.12. The maximum Gasteiger partial charge on any atom is 0 e. The van der Waals surface area contributed by atoms with E-state index in [1.165, 1.54) is 46.7 Å². The standard InChI is InChI=1S/C17H17.C5H5.7CH3.Hf/c1-2-3-6-13-9-10-16-11-14-7-4-5-8-15(14)12-17(13)16;1-2-4-5-3-1;;;;;;;;/h4-5,7-8,11-12H,2-3,6,10H2,1H3;1-5H;7*1H3;/q9*-1;. The van der Waals surface area contributed by atoms with E-state index in [-0.39, 0.29) is 77.8 Å². The molecule has 0 amide bonds. The van der Waals surface area contributed by atoms with Crippen molar-refractivity contribution in [3.05, 3.63) is 136 Å². The molecule has 0 N–H and O–H groups in total. The second-order valence-electron chi connectivity index (χ2n) is 5.75. The topological polar surface area (TPSA) is 0 Å². The van der Waals surface area contributed by atoms with Crippen molar-refractivity contribution in [3.8, 4) is 0 Å². The summed E-state index contributed by atoms with van der Waals surface area (Å²) in [6.07, 6.45) is 8.26. The third kappa shape index (κ3) is 11.2. The molecule has 0 heterocycles. The molecule has 1 aliphatic rings. The van der Waals surface area contributed by atoms with Crippen LogP contribution in [0.5, 0.6) is 0 Å². The Balaban J connectivity index is -0.0000000997. The van der Waals surface area contributed by atoms with Gasteiger partial charge in [-0.1, -0.05) is 56.5 Å². The molecule has 0 unspecified atom stereocenters. The molecule has 1 heteroatoms. The molecule has 3 aromatic carbocycles. The normalized spacial score (nSPS) is 9.17. The van der Waals surface area contributed by atoms with Crippen LogP contribution in [0.3, 0.4) is 0 Å². The Bertz CT molecular complexity index is 734. The summed E-state index contributed by atoms with van der Waals surface area (Å²) in [5, 5.41) is 2.70. The Labute approximate surface area is 210 Å². The number of unbranched alkanes of at least 4 members (excludes halogenated alkanes) is 1. The van der Waals surface area contributed by atoms with E-state index < -0.39 is 0 Å². The van der Waals surface area contributed by atoms with E-state index in [1.807, 2.05) is 30.3 Å². The number of fused-ring (bicyclic) bond motifs is 2. The maximum absolute atomic E-state index is 3.55. The molecule has 0 aliphatic heterocycles. The minimum absolute atomic E-state index is 0. The van der Waals surface area contributed by atoms with Crippen LogP contribution >= 0.6 is 0 Å². The predicted molar refractivity (Wildman–Crippen MR) is 141 cm³/mol. The van der Waals surface area contributed by atoms with Crippen LogP contribution in [0.15, 0.2) is 66.7 Å². The van der Waals surface area contributed by atoms with Gasteiger partial charge in [-0.2, -0.15) is 23.8 Å². The van der Waals surface area contributed by atoms with Gasteiger partial charge in [0.15, 0.2) is 0 Å². The van der Waals surface area contributed by atoms with Crippen LogP contribution in [0, 0.1) is 58.1 Å². The van der Waals surface area contributed by atoms with Crippen LogP contribution in [-0.4, -0.2) is 0 Å². The Kier molecular flexibility index (Phi) is 31.8. The van der Waals surface area contributed by atoms with E-state index in [0.717, 1.165) is 6.42 Å². The van der Waals surface area contributed by atoms with Crippen LogP contribution in [0.4, 0.5) is 0 Å². The minimum Gasteiger partial charge on any atom is -0.358 e. The van der Waals surface area contributed by atoms with Gasteiger partial charge in [0, 0.05) is 25.8 Å². The zero-order chi connectivity index (χ0) is 15.2. The molecular formula is C29H43Hf-9. The molecule has 0 atom stereocenters. The quantitative estimate of drug-likeness (QED) is 0.218. The van der Waals surface area contributed by atoms with Crippen molar-refractivity contribution < 1.29 is 25.8 Å². The van der Waals surface area contributed by atoms with Crippen LogP contribution < -0.4 is 0 Å². The maximum atomic E-state index is 3.55. The Morgan fingerprint density at radius 1 is 0.800 bits per heavy atom. The van der Waals surface area contributed by atoms with Gasteiger partial charge in [-0.15, -0.1) is 18.1 Å². The van der Waals surface area contributed by atoms with Gasteiger partial charge in [0.1, 0.15) is 0 Å². The number of hydrogen-bond donors (Lipinski definition) is 0. The van der Waals surface area contributed by atoms with E-state index in [4.69, 9.17) is 0 Å². The van der Waals surface area contributed by atoms with Crippen LogP contribution in [0.1, 0.15) is 37.3 Å². The molecule has 0 radical (unpaired) electrons. The van der Waals surface area contributed by atoms with Crippen molar-refractivity contribution >= 4 is 16.3 Å². The smallest absolute Gasteiger partial charge is 0 e. The number of rotatable bonds is 3. The molecule has 0 fully saturated rings. The Morgan fingerprint density at radius 3 is 1.80 bits per heavy atom. The second kappa shape index (κ2) is 22.3. The summed E-state index contributed by atoms with van der Waals surface area (Å²) in [5.41, 5.74) is 4.33. The molecule has 4 rings (SSSR count). The van der Waals surface area contributed by atoms with E-state index >= 15 is 0 Å². The Morgan fingerprint density at radius 2 is 1.33 bits per heavy atom. The number of hydrogen-bond acceptors (Lipinski definition) is 0. The first-order chi connectivity index (χ1) is 10.9. The van der Waals surface area contributed by atoms with E-state index in [2.05, 4.69) is 49.4 Å². The first kappa shape index (κ1) is 42.7. The summed E-state index contributed by atoms with van der Waals surface area (Å²) in [7, 11) is 0. The first-order valence-electron chi connectivity index (χ1n) is 8.17. The summed E-state index contributed by atoms with van der Waals surface area (Å²) < 4.78 is 0. The summed E-state index contributed by atoms with van der Waals surface area (Å²) in [5.74, 6) is 0. The fourth-order valence-electron chi connectivity index (χ4n) is 2.91. The Hall–Kier alpha value is -1.34. The minimum atomic E-state index is 0. The van der Waals surface area contributed by atoms with Crippen molar-refractivity contribution in [3.63, 3.8) is 0 Å². The van der Waals surface area contributed by atoms with Gasteiger partial charge < -0.3 is 52.0 Å². The number of allylic oxidation sites excluding steroid dienone is 2. The third-order valence-electron chi connectivity index (χ3n) is 4.12. The fraction of sp³-hybridized carbons (Fsp3) is 0.172. The molecule has 0 spiro atoms. The molecule has 3 aromatic rings. The van der Waals surface area contributed by atoms with Gasteiger partial charge >= 0.3 is 0 Å². The molecule has 0 aromatic heterocycles. The molecule has 1 aliphatic carbocycles.